The van der Waals surface area contributed by atoms with Crippen LogP contribution < -0.4 is 5.32 Å². The molecule has 0 bridgehead atoms. The molecule has 19 heavy (non-hydrogen) atoms. The second-order valence-electron chi connectivity index (χ2n) is 4.32. The van der Waals surface area contributed by atoms with Crippen molar-refractivity contribution in [3.8, 4) is 0 Å². The Hall–Kier alpha value is -0.490. The van der Waals surface area contributed by atoms with Crippen molar-refractivity contribution in [3.05, 3.63) is 34.1 Å². The van der Waals surface area contributed by atoms with E-state index in [0.29, 0.717) is 19.8 Å². The molecule has 5 heteroatoms. The predicted molar refractivity (Wildman–Crippen MR) is 78.0 cm³/mol. The van der Waals surface area contributed by atoms with Gasteiger partial charge in [-0.05, 0) is 43.7 Å². The Kier molecular flexibility index (Phi) is 8.21. The van der Waals surface area contributed by atoms with E-state index in [-0.39, 0.29) is 11.9 Å². The van der Waals surface area contributed by atoms with Crippen LogP contribution in [-0.2, 0) is 15.9 Å². The van der Waals surface area contributed by atoms with E-state index >= 15 is 0 Å². The van der Waals surface area contributed by atoms with Gasteiger partial charge in [0.1, 0.15) is 5.82 Å². The van der Waals surface area contributed by atoms with Crippen molar-refractivity contribution in [1.82, 2.24) is 5.32 Å². The summed E-state index contributed by atoms with van der Waals surface area (Å²) in [5.41, 5.74) is 0.969. The summed E-state index contributed by atoms with van der Waals surface area (Å²) in [5.74, 6) is -0.204. The maximum absolute atomic E-state index is 13.2. The SMILES string of the molecule is CNC(CCOCCOC)Cc1cc(F)ccc1Br. The molecule has 0 radical (unpaired) electrons. The van der Waals surface area contributed by atoms with Crippen molar-refractivity contribution >= 4 is 15.9 Å². The number of benzene rings is 1. The molecule has 3 nitrogen and oxygen atoms in total. The third-order valence-corrected chi connectivity index (χ3v) is 3.70. The maximum Gasteiger partial charge on any atom is 0.123 e. The lowest BCUT2D eigenvalue weighted by Crippen LogP contribution is -2.29. The van der Waals surface area contributed by atoms with Crippen LogP contribution in [0.4, 0.5) is 4.39 Å². The highest BCUT2D eigenvalue weighted by Crippen LogP contribution is 2.20. The minimum Gasteiger partial charge on any atom is -0.382 e. The quantitative estimate of drug-likeness (QED) is 0.705. The summed E-state index contributed by atoms with van der Waals surface area (Å²) in [5, 5.41) is 3.23. The Bertz CT molecular complexity index is 376. The highest BCUT2D eigenvalue weighted by Gasteiger charge is 2.10. The van der Waals surface area contributed by atoms with Crippen LogP contribution in [-0.4, -0.2) is 40.0 Å². The number of methoxy groups -OCH3 is 1. The Morgan fingerprint density at radius 3 is 2.79 bits per heavy atom. The van der Waals surface area contributed by atoms with E-state index in [1.807, 2.05) is 7.05 Å². The molecule has 1 aromatic carbocycles. The first kappa shape index (κ1) is 16.6. The molecule has 0 amide bonds. The molecule has 1 rings (SSSR count). The summed E-state index contributed by atoms with van der Waals surface area (Å²) >= 11 is 3.45. The Morgan fingerprint density at radius 1 is 1.32 bits per heavy atom. The lowest BCUT2D eigenvalue weighted by molar-refractivity contribution is 0.0661. The summed E-state index contributed by atoms with van der Waals surface area (Å²) in [4.78, 5) is 0. The topological polar surface area (TPSA) is 30.5 Å². The van der Waals surface area contributed by atoms with E-state index in [4.69, 9.17) is 9.47 Å². The van der Waals surface area contributed by atoms with E-state index in [9.17, 15) is 4.39 Å². The number of hydrogen-bond donors (Lipinski definition) is 1. The Balaban J connectivity index is 2.41. The Labute approximate surface area is 122 Å². The minimum atomic E-state index is -0.204. The summed E-state index contributed by atoms with van der Waals surface area (Å²) in [7, 11) is 3.56. The van der Waals surface area contributed by atoms with Gasteiger partial charge in [-0.15, -0.1) is 0 Å². The van der Waals surface area contributed by atoms with Gasteiger partial charge in [-0.25, -0.2) is 4.39 Å². The summed E-state index contributed by atoms with van der Waals surface area (Å²) < 4.78 is 24.5. The first-order valence-electron chi connectivity index (χ1n) is 6.35. The molecular weight excluding hydrogens is 313 g/mol. The van der Waals surface area contributed by atoms with Crippen LogP contribution in [0.15, 0.2) is 22.7 Å². The molecule has 108 valence electrons. The van der Waals surface area contributed by atoms with Gasteiger partial charge in [0.15, 0.2) is 0 Å². The summed E-state index contributed by atoms with van der Waals surface area (Å²) in [6, 6.07) is 5.03. The third kappa shape index (κ3) is 6.47. The van der Waals surface area contributed by atoms with Gasteiger partial charge in [0.2, 0.25) is 0 Å². The number of nitrogens with one attached hydrogen (secondary N) is 1. The van der Waals surface area contributed by atoms with E-state index in [1.54, 1.807) is 19.2 Å². The van der Waals surface area contributed by atoms with Crippen molar-refractivity contribution < 1.29 is 13.9 Å². The van der Waals surface area contributed by atoms with Gasteiger partial charge >= 0.3 is 0 Å². The number of likely N-dealkylation sites (N-methyl/N-ethyl adjacent to an activating group) is 1. The summed E-state index contributed by atoms with van der Waals surface area (Å²) in [6.45, 7) is 1.89. The van der Waals surface area contributed by atoms with Crippen molar-refractivity contribution in [2.45, 2.75) is 18.9 Å². The van der Waals surface area contributed by atoms with E-state index < -0.39 is 0 Å². The largest absolute Gasteiger partial charge is 0.382 e. The van der Waals surface area contributed by atoms with Crippen LogP contribution in [0.2, 0.25) is 0 Å². The predicted octanol–water partition coefficient (Wildman–Crippen LogP) is 2.77. The van der Waals surface area contributed by atoms with Gasteiger partial charge in [0.05, 0.1) is 13.2 Å². The maximum atomic E-state index is 13.2. The molecule has 0 fully saturated rings. The molecule has 0 saturated heterocycles. The molecule has 1 aromatic rings. The molecule has 0 aliphatic rings. The molecular formula is C14H21BrFNO2. The second kappa shape index (κ2) is 9.42. The van der Waals surface area contributed by atoms with Crippen LogP contribution in [0.5, 0.6) is 0 Å². The fourth-order valence-electron chi connectivity index (χ4n) is 1.78. The molecule has 1 N–H and O–H groups in total. The molecule has 0 aliphatic heterocycles. The minimum absolute atomic E-state index is 0.204. The Morgan fingerprint density at radius 2 is 2.11 bits per heavy atom. The zero-order chi connectivity index (χ0) is 14.1. The fourth-order valence-corrected chi connectivity index (χ4v) is 2.19. The second-order valence-corrected chi connectivity index (χ2v) is 5.17. The molecule has 0 spiro atoms. The zero-order valence-corrected chi connectivity index (χ0v) is 13.0. The number of rotatable bonds is 9. The molecule has 1 atom stereocenters. The van der Waals surface area contributed by atoms with Crippen molar-refractivity contribution in [1.29, 1.82) is 0 Å². The monoisotopic (exact) mass is 333 g/mol. The van der Waals surface area contributed by atoms with Gasteiger partial charge in [-0.1, -0.05) is 15.9 Å². The first-order valence-corrected chi connectivity index (χ1v) is 7.14. The van der Waals surface area contributed by atoms with Gasteiger partial charge in [-0.3, -0.25) is 0 Å². The van der Waals surface area contributed by atoms with Crippen molar-refractivity contribution in [2.75, 3.05) is 34.0 Å². The zero-order valence-electron chi connectivity index (χ0n) is 11.4. The van der Waals surface area contributed by atoms with Gasteiger partial charge < -0.3 is 14.8 Å². The van der Waals surface area contributed by atoms with Crippen LogP contribution in [0, 0.1) is 5.82 Å². The van der Waals surface area contributed by atoms with Gasteiger partial charge in [-0.2, -0.15) is 0 Å². The standard InChI is InChI=1S/C14H21BrFNO2/c1-17-13(5-6-19-8-7-18-2)10-11-9-12(16)3-4-14(11)15/h3-4,9,13,17H,5-8,10H2,1-2H3. The van der Waals surface area contributed by atoms with Crippen LogP contribution >= 0.6 is 15.9 Å². The normalized spacial score (nSPS) is 12.6. The molecule has 1 unspecified atom stereocenters. The lowest BCUT2D eigenvalue weighted by Gasteiger charge is -2.17. The molecule has 0 heterocycles. The highest BCUT2D eigenvalue weighted by molar-refractivity contribution is 9.10. The van der Waals surface area contributed by atoms with Gasteiger partial charge in [0.25, 0.3) is 0 Å². The number of hydrogen-bond acceptors (Lipinski definition) is 3. The van der Waals surface area contributed by atoms with Crippen LogP contribution in [0.25, 0.3) is 0 Å². The molecule has 0 aliphatic carbocycles. The third-order valence-electron chi connectivity index (χ3n) is 2.92. The first-order chi connectivity index (χ1) is 9.17. The van der Waals surface area contributed by atoms with Crippen molar-refractivity contribution in [3.63, 3.8) is 0 Å². The number of halogens is 2. The lowest BCUT2D eigenvalue weighted by atomic mass is 10.0. The van der Waals surface area contributed by atoms with E-state index in [0.717, 1.165) is 22.9 Å². The van der Waals surface area contributed by atoms with Gasteiger partial charge in [0, 0.05) is 24.2 Å². The highest BCUT2D eigenvalue weighted by atomic mass is 79.9. The smallest absolute Gasteiger partial charge is 0.123 e. The van der Waals surface area contributed by atoms with Crippen molar-refractivity contribution in [2.24, 2.45) is 0 Å². The summed E-state index contributed by atoms with van der Waals surface area (Å²) in [6.07, 6.45) is 1.64. The van der Waals surface area contributed by atoms with Crippen LogP contribution in [0.3, 0.4) is 0 Å². The average molecular weight is 334 g/mol. The number of ether oxygens (including phenoxy) is 2. The fraction of sp³-hybridized carbons (Fsp3) is 0.571. The van der Waals surface area contributed by atoms with E-state index in [2.05, 4.69) is 21.2 Å². The molecule has 0 aromatic heterocycles. The van der Waals surface area contributed by atoms with Crippen LogP contribution in [0.1, 0.15) is 12.0 Å². The molecule has 0 saturated carbocycles. The average Bonchev–Trinajstić information content (AvgIpc) is 2.41. The van der Waals surface area contributed by atoms with E-state index in [1.165, 1.54) is 6.07 Å².